The molecule has 1 fully saturated rings. The SMILES string of the molecule is CCOC1CCN(c2ccc([C@H](O)CC)cc2)CC1. The summed E-state index contributed by atoms with van der Waals surface area (Å²) < 4.78 is 5.67. The molecular formula is C16H25NO2. The maximum atomic E-state index is 9.79. The Kier molecular flexibility index (Phi) is 5.23. The molecule has 1 heterocycles. The number of aliphatic hydroxyl groups is 1. The lowest BCUT2D eigenvalue weighted by atomic mass is 10.0. The molecule has 0 spiro atoms. The van der Waals surface area contributed by atoms with Crippen molar-refractivity contribution in [2.45, 2.75) is 45.3 Å². The van der Waals surface area contributed by atoms with Crippen molar-refractivity contribution in [3.63, 3.8) is 0 Å². The third kappa shape index (κ3) is 3.71. The number of rotatable bonds is 5. The maximum Gasteiger partial charge on any atom is 0.0787 e. The van der Waals surface area contributed by atoms with Crippen LogP contribution in [0.15, 0.2) is 24.3 Å². The minimum absolute atomic E-state index is 0.335. The van der Waals surface area contributed by atoms with Gasteiger partial charge in [-0.3, -0.25) is 0 Å². The number of anilines is 1. The highest BCUT2D eigenvalue weighted by Gasteiger charge is 2.19. The summed E-state index contributed by atoms with van der Waals surface area (Å²) in [7, 11) is 0. The van der Waals surface area contributed by atoms with Crippen LogP contribution in [-0.4, -0.2) is 30.9 Å². The second-order valence-electron chi connectivity index (χ2n) is 5.16. The molecule has 3 heteroatoms. The molecule has 1 N–H and O–H groups in total. The Morgan fingerprint density at radius 1 is 1.21 bits per heavy atom. The molecule has 1 saturated heterocycles. The second-order valence-corrected chi connectivity index (χ2v) is 5.16. The van der Waals surface area contributed by atoms with Gasteiger partial charge in [0.25, 0.3) is 0 Å². The molecule has 0 aromatic heterocycles. The van der Waals surface area contributed by atoms with E-state index in [4.69, 9.17) is 4.74 Å². The first-order valence-corrected chi connectivity index (χ1v) is 7.39. The number of ether oxygens (including phenoxy) is 1. The largest absolute Gasteiger partial charge is 0.388 e. The topological polar surface area (TPSA) is 32.7 Å². The van der Waals surface area contributed by atoms with E-state index in [-0.39, 0.29) is 6.10 Å². The first kappa shape index (κ1) is 14.4. The molecule has 0 unspecified atom stereocenters. The first-order valence-electron chi connectivity index (χ1n) is 7.39. The van der Waals surface area contributed by atoms with Gasteiger partial charge in [0.15, 0.2) is 0 Å². The van der Waals surface area contributed by atoms with Crippen molar-refractivity contribution >= 4 is 5.69 Å². The van der Waals surface area contributed by atoms with Crippen LogP contribution in [0.25, 0.3) is 0 Å². The lowest BCUT2D eigenvalue weighted by Gasteiger charge is -2.33. The van der Waals surface area contributed by atoms with Crippen molar-refractivity contribution in [2.75, 3.05) is 24.6 Å². The monoisotopic (exact) mass is 263 g/mol. The molecule has 0 bridgehead atoms. The Bertz CT molecular complexity index is 369. The highest BCUT2D eigenvalue weighted by molar-refractivity contribution is 5.48. The summed E-state index contributed by atoms with van der Waals surface area (Å²) in [6, 6.07) is 8.32. The summed E-state index contributed by atoms with van der Waals surface area (Å²) in [4.78, 5) is 2.40. The van der Waals surface area contributed by atoms with E-state index in [1.54, 1.807) is 0 Å². The maximum absolute atomic E-state index is 9.79. The predicted molar refractivity (Wildman–Crippen MR) is 78.6 cm³/mol. The number of hydrogen-bond donors (Lipinski definition) is 1. The number of benzene rings is 1. The molecule has 0 saturated carbocycles. The van der Waals surface area contributed by atoms with E-state index in [0.717, 1.165) is 44.5 Å². The van der Waals surface area contributed by atoms with E-state index in [1.807, 2.05) is 19.1 Å². The molecule has 19 heavy (non-hydrogen) atoms. The fourth-order valence-corrected chi connectivity index (χ4v) is 2.66. The summed E-state index contributed by atoms with van der Waals surface area (Å²) in [6.45, 7) is 6.98. The molecule has 3 nitrogen and oxygen atoms in total. The molecule has 1 aromatic carbocycles. The highest BCUT2D eigenvalue weighted by Crippen LogP contribution is 2.24. The fourth-order valence-electron chi connectivity index (χ4n) is 2.66. The van der Waals surface area contributed by atoms with E-state index >= 15 is 0 Å². The van der Waals surface area contributed by atoms with Crippen LogP contribution in [-0.2, 0) is 4.74 Å². The van der Waals surface area contributed by atoms with E-state index in [0.29, 0.717) is 6.10 Å². The normalized spacial score (nSPS) is 18.6. The van der Waals surface area contributed by atoms with Gasteiger partial charge in [-0.15, -0.1) is 0 Å². The zero-order valence-corrected chi connectivity index (χ0v) is 12.0. The van der Waals surface area contributed by atoms with Crippen LogP contribution in [0.5, 0.6) is 0 Å². The van der Waals surface area contributed by atoms with Crippen molar-refractivity contribution in [1.29, 1.82) is 0 Å². The van der Waals surface area contributed by atoms with E-state index in [1.165, 1.54) is 5.69 Å². The van der Waals surface area contributed by atoms with Crippen molar-refractivity contribution in [1.82, 2.24) is 0 Å². The van der Waals surface area contributed by atoms with Gasteiger partial charge in [0.1, 0.15) is 0 Å². The number of piperidine rings is 1. The van der Waals surface area contributed by atoms with Crippen LogP contribution in [0.4, 0.5) is 5.69 Å². The Morgan fingerprint density at radius 3 is 2.37 bits per heavy atom. The van der Waals surface area contributed by atoms with E-state index in [9.17, 15) is 5.11 Å². The van der Waals surface area contributed by atoms with Crippen molar-refractivity contribution in [3.05, 3.63) is 29.8 Å². The molecule has 1 aromatic rings. The van der Waals surface area contributed by atoms with Gasteiger partial charge >= 0.3 is 0 Å². The standard InChI is InChI=1S/C16H25NO2/c1-3-16(18)13-5-7-14(8-6-13)17-11-9-15(10-12-17)19-4-2/h5-8,15-16,18H,3-4,9-12H2,1-2H3/t16-/m1/s1. The molecule has 0 amide bonds. The van der Waals surface area contributed by atoms with Gasteiger partial charge in [0, 0.05) is 25.4 Å². The summed E-state index contributed by atoms with van der Waals surface area (Å²) in [5, 5.41) is 9.79. The zero-order chi connectivity index (χ0) is 13.7. The fraction of sp³-hybridized carbons (Fsp3) is 0.625. The van der Waals surface area contributed by atoms with Gasteiger partial charge < -0.3 is 14.7 Å². The highest BCUT2D eigenvalue weighted by atomic mass is 16.5. The average molecular weight is 263 g/mol. The quantitative estimate of drug-likeness (QED) is 0.886. The summed E-state index contributed by atoms with van der Waals surface area (Å²) in [5.41, 5.74) is 2.26. The molecule has 2 rings (SSSR count). The van der Waals surface area contributed by atoms with Crippen molar-refractivity contribution in [2.24, 2.45) is 0 Å². The van der Waals surface area contributed by atoms with Crippen LogP contribution in [0, 0.1) is 0 Å². The Hall–Kier alpha value is -1.06. The third-order valence-electron chi connectivity index (χ3n) is 3.87. The summed E-state index contributed by atoms with van der Waals surface area (Å²) in [6.07, 6.45) is 3.07. The Labute approximate surface area is 116 Å². The van der Waals surface area contributed by atoms with Gasteiger partial charge in [0.05, 0.1) is 12.2 Å². The average Bonchev–Trinajstić information content (AvgIpc) is 2.48. The zero-order valence-electron chi connectivity index (χ0n) is 12.0. The summed E-state index contributed by atoms with van der Waals surface area (Å²) >= 11 is 0. The molecule has 1 aliphatic rings. The minimum Gasteiger partial charge on any atom is -0.388 e. The Balaban J connectivity index is 1.92. The molecular weight excluding hydrogens is 238 g/mol. The van der Waals surface area contributed by atoms with E-state index < -0.39 is 0 Å². The van der Waals surface area contributed by atoms with Crippen LogP contribution in [0.3, 0.4) is 0 Å². The predicted octanol–water partition coefficient (Wildman–Crippen LogP) is 3.14. The lowest BCUT2D eigenvalue weighted by Crippen LogP contribution is -2.37. The van der Waals surface area contributed by atoms with Crippen LogP contribution in [0.2, 0.25) is 0 Å². The minimum atomic E-state index is -0.335. The molecule has 106 valence electrons. The first-order chi connectivity index (χ1) is 9.24. The summed E-state index contributed by atoms with van der Waals surface area (Å²) in [5.74, 6) is 0. The Morgan fingerprint density at radius 2 is 1.84 bits per heavy atom. The van der Waals surface area contributed by atoms with Crippen LogP contribution >= 0.6 is 0 Å². The number of hydrogen-bond acceptors (Lipinski definition) is 3. The second kappa shape index (κ2) is 6.92. The lowest BCUT2D eigenvalue weighted by molar-refractivity contribution is 0.0459. The van der Waals surface area contributed by atoms with Gasteiger partial charge in [-0.25, -0.2) is 0 Å². The molecule has 1 aliphatic heterocycles. The van der Waals surface area contributed by atoms with Gasteiger partial charge in [0.2, 0.25) is 0 Å². The van der Waals surface area contributed by atoms with Crippen molar-refractivity contribution in [3.8, 4) is 0 Å². The van der Waals surface area contributed by atoms with Crippen molar-refractivity contribution < 1.29 is 9.84 Å². The smallest absolute Gasteiger partial charge is 0.0787 e. The van der Waals surface area contributed by atoms with Gasteiger partial charge in [-0.05, 0) is 43.9 Å². The molecule has 1 atom stereocenters. The molecule has 0 aliphatic carbocycles. The van der Waals surface area contributed by atoms with Gasteiger partial charge in [-0.1, -0.05) is 19.1 Å². The van der Waals surface area contributed by atoms with Crippen LogP contribution < -0.4 is 4.90 Å². The van der Waals surface area contributed by atoms with E-state index in [2.05, 4.69) is 24.0 Å². The third-order valence-corrected chi connectivity index (χ3v) is 3.87. The molecule has 0 radical (unpaired) electrons. The number of nitrogens with zero attached hydrogens (tertiary/aromatic N) is 1. The van der Waals surface area contributed by atoms with Crippen LogP contribution in [0.1, 0.15) is 44.8 Å². The number of aliphatic hydroxyl groups excluding tert-OH is 1. The van der Waals surface area contributed by atoms with Gasteiger partial charge in [-0.2, -0.15) is 0 Å².